The highest BCUT2D eigenvalue weighted by Crippen LogP contribution is 2.17. The third-order valence-electron chi connectivity index (χ3n) is 3.45. The molecule has 0 spiro atoms. The van der Waals surface area contributed by atoms with Gasteiger partial charge in [0, 0.05) is 12.8 Å². The minimum atomic E-state index is 0.755. The van der Waals surface area contributed by atoms with Gasteiger partial charge in [0.1, 0.15) is 0 Å². The molecular weight excluding hydrogens is 216 g/mol. The second-order valence-corrected chi connectivity index (χ2v) is 5.36. The first-order valence-corrected chi connectivity index (χ1v) is 7.85. The van der Waals surface area contributed by atoms with Gasteiger partial charge in [0.15, 0.2) is 0 Å². The minimum absolute atomic E-state index is 0.755. The van der Waals surface area contributed by atoms with Crippen molar-refractivity contribution < 1.29 is 0 Å². The molecule has 0 aliphatic heterocycles. The van der Waals surface area contributed by atoms with Crippen molar-refractivity contribution in [3.63, 3.8) is 0 Å². The average Bonchev–Trinajstić information content (AvgIpc) is 2.37. The molecule has 0 aromatic heterocycles. The van der Waals surface area contributed by atoms with Crippen LogP contribution in [-0.2, 0) is 0 Å². The average molecular weight is 248 g/mol. The minimum Gasteiger partial charge on any atom is -0.103 e. The van der Waals surface area contributed by atoms with E-state index in [4.69, 9.17) is 0 Å². The summed E-state index contributed by atoms with van der Waals surface area (Å²) in [7, 11) is 0. The van der Waals surface area contributed by atoms with Gasteiger partial charge in [-0.25, -0.2) is 0 Å². The Morgan fingerprint density at radius 3 is 2.00 bits per heavy atom. The molecule has 0 rings (SSSR count). The molecule has 0 aliphatic carbocycles. The van der Waals surface area contributed by atoms with E-state index in [1.54, 1.807) is 0 Å². The van der Waals surface area contributed by atoms with Crippen molar-refractivity contribution in [1.82, 2.24) is 0 Å². The van der Waals surface area contributed by atoms with Crippen LogP contribution in [0.5, 0.6) is 0 Å². The van der Waals surface area contributed by atoms with Crippen LogP contribution in [0, 0.1) is 31.6 Å². The second kappa shape index (κ2) is 14.6. The van der Waals surface area contributed by atoms with Crippen LogP contribution in [0.4, 0.5) is 0 Å². The van der Waals surface area contributed by atoms with E-state index in [1.165, 1.54) is 57.8 Å². The second-order valence-electron chi connectivity index (χ2n) is 5.36. The standard InChI is InChI=1S/C18H32/c1-4-6-8-10-11-13-15-17-18(3)16-14-12-9-7-5-2/h18H,1-2,4-5,7,9-17H2,3H3. The van der Waals surface area contributed by atoms with Gasteiger partial charge in [-0.05, 0) is 19.3 Å². The van der Waals surface area contributed by atoms with Crippen LogP contribution < -0.4 is 0 Å². The van der Waals surface area contributed by atoms with Crippen LogP contribution in [-0.4, -0.2) is 0 Å². The fourth-order valence-electron chi connectivity index (χ4n) is 2.23. The number of hydrogen-bond acceptors (Lipinski definition) is 0. The summed E-state index contributed by atoms with van der Waals surface area (Å²) in [4.78, 5) is 0. The molecule has 0 heterocycles. The van der Waals surface area contributed by atoms with Crippen molar-refractivity contribution in [1.29, 1.82) is 0 Å². The molecule has 0 heteroatoms. The molecule has 0 amide bonds. The summed E-state index contributed by atoms with van der Waals surface area (Å²) in [5, 5.41) is 0. The first-order chi connectivity index (χ1) is 8.81. The van der Waals surface area contributed by atoms with Crippen LogP contribution in [0.1, 0.15) is 84.0 Å². The quantitative estimate of drug-likeness (QED) is 0.312. The molecule has 1 unspecified atom stereocenters. The smallest absolute Gasteiger partial charge is 0.00890 e. The molecule has 0 bridgehead atoms. The highest BCUT2D eigenvalue weighted by molar-refractivity contribution is 4.98. The van der Waals surface area contributed by atoms with Crippen molar-refractivity contribution >= 4 is 0 Å². The molecule has 0 saturated heterocycles. The third-order valence-corrected chi connectivity index (χ3v) is 3.45. The highest BCUT2D eigenvalue weighted by atomic mass is 14.1. The lowest BCUT2D eigenvalue weighted by atomic mass is 9.96. The van der Waals surface area contributed by atoms with E-state index in [-0.39, 0.29) is 0 Å². The lowest BCUT2D eigenvalue weighted by molar-refractivity contribution is 0.437. The summed E-state index contributed by atoms with van der Waals surface area (Å²) in [6.07, 6.45) is 15.2. The van der Waals surface area contributed by atoms with Gasteiger partial charge in [0.2, 0.25) is 0 Å². The van der Waals surface area contributed by atoms with Gasteiger partial charge in [0.25, 0.3) is 0 Å². The lowest BCUT2D eigenvalue weighted by Crippen LogP contribution is -1.95. The number of hydrogen-bond donors (Lipinski definition) is 0. The molecular formula is C18H32. The Bertz CT molecular complexity index is 206. The van der Waals surface area contributed by atoms with Gasteiger partial charge >= 0.3 is 0 Å². The molecule has 0 aromatic carbocycles. The van der Waals surface area contributed by atoms with E-state index < -0.39 is 0 Å². The van der Waals surface area contributed by atoms with Gasteiger partial charge in [-0.15, -0.1) is 11.8 Å². The Morgan fingerprint density at radius 2 is 1.39 bits per heavy atom. The van der Waals surface area contributed by atoms with E-state index in [9.17, 15) is 0 Å². The van der Waals surface area contributed by atoms with Crippen LogP contribution in [0.15, 0.2) is 0 Å². The van der Waals surface area contributed by atoms with Crippen LogP contribution in [0.3, 0.4) is 0 Å². The predicted octanol–water partition coefficient (Wildman–Crippen LogP) is 5.98. The molecule has 0 N–H and O–H groups in total. The largest absolute Gasteiger partial charge is 0.103 e. The Hall–Kier alpha value is -0.440. The molecule has 2 radical (unpaired) electrons. The van der Waals surface area contributed by atoms with E-state index in [0.29, 0.717) is 0 Å². The summed E-state index contributed by atoms with van der Waals surface area (Å²) in [5.74, 6) is 7.10. The fraction of sp³-hybridized carbons (Fsp3) is 0.778. The van der Waals surface area contributed by atoms with E-state index in [1.807, 2.05) is 0 Å². The Morgan fingerprint density at radius 1 is 0.778 bits per heavy atom. The zero-order chi connectivity index (χ0) is 13.5. The number of rotatable bonds is 11. The maximum atomic E-state index is 3.88. The Balaban J connectivity index is 3.19. The summed E-state index contributed by atoms with van der Waals surface area (Å²) in [6, 6.07) is 0. The molecule has 0 saturated carbocycles. The van der Waals surface area contributed by atoms with E-state index >= 15 is 0 Å². The monoisotopic (exact) mass is 248 g/mol. The SMILES string of the molecule is [CH2]CC#CCCCCCC(C)CCCCCC[CH2]. The normalized spacial score (nSPS) is 11.9. The predicted molar refractivity (Wildman–Crippen MR) is 83.1 cm³/mol. The van der Waals surface area contributed by atoms with Crippen LogP contribution in [0.2, 0.25) is 0 Å². The zero-order valence-corrected chi connectivity index (χ0v) is 12.5. The molecule has 18 heavy (non-hydrogen) atoms. The van der Waals surface area contributed by atoms with Crippen molar-refractivity contribution in [3.05, 3.63) is 13.8 Å². The molecule has 1 atom stereocenters. The molecule has 0 aliphatic rings. The van der Waals surface area contributed by atoms with Crippen LogP contribution in [0.25, 0.3) is 0 Å². The summed E-state index contributed by atoms with van der Waals surface area (Å²) < 4.78 is 0. The zero-order valence-electron chi connectivity index (χ0n) is 12.5. The first-order valence-electron chi connectivity index (χ1n) is 7.85. The topological polar surface area (TPSA) is 0 Å². The van der Waals surface area contributed by atoms with Gasteiger partial charge in [-0.1, -0.05) is 71.6 Å². The molecule has 0 nitrogen and oxygen atoms in total. The van der Waals surface area contributed by atoms with Gasteiger partial charge in [-0.3, -0.25) is 0 Å². The van der Waals surface area contributed by atoms with Crippen molar-refractivity contribution in [2.24, 2.45) is 5.92 Å². The fourth-order valence-corrected chi connectivity index (χ4v) is 2.23. The van der Waals surface area contributed by atoms with Gasteiger partial charge < -0.3 is 0 Å². The van der Waals surface area contributed by atoms with Gasteiger partial charge in [0.05, 0.1) is 0 Å². The van der Waals surface area contributed by atoms with Gasteiger partial charge in [-0.2, -0.15) is 0 Å². The Kier molecular flexibility index (Phi) is 14.3. The number of unbranched alkanes of at least 4 members (excludes halogenated alkanes) is 7. The van der Waals surface area contributed by atoms with E-state index in [2.05, 4.69) is 32.6 Å². The summed E-state index contributed by atoms with van der Waals surface area (Å²) in [5.41, 5.74) is 0. The maximum Gasteiger partial charge on any atom is 0.00890 e. The van der Waals surface area contributed by atoms with Crippen LogP contribution >= 0.6 is 0 Å². The summed E-state index contributed by atoms with van der Waals surface area (Å²) >= 11 is 0. The van der Waals surface area contributed by atoms with Crippen molar-refractivity contribution in [3.8, 4) is 11.8 Å². The molecule has 0 fully saturated rings. The lowest BCUT2D eigenvalue weighted by Gasteiger charge is -2.10. The summed E-state index contributed by atoms with van der Waals surface area (Å²) in [6.45, 7) is 10.0. The van der Waals surface area contributed by atoms with Crippen molar-refractivity contribution in [2.75, 3.05) is 0 Å². The maximum absolute atomic E-state index is 3.88. The first kappa shape index (κ1) is 17.6. The molecule has 104 valence electrons. The Labute approximate surface area is 116 Å². The van der Waals surface area contributed by atoms with E-state index in [0.717, 1.165) is 25.2 Å². The molecule has 0 aromatic rings. The highest BCUT2D eigenvalue weighted by Gasteiger charge is 2.01. The van der Waals surface area contributed by atoms with Crippen molar-refractivity contribution in [2.45, 2.75) is 84.0 Å². The third kappa shape index (κ3) is 13.6.